The van der Waals surface area contributed by atoms with Gasteiger partial charge in [-0.2, -0.15) is 11.8 Å². The molecule has 1 aromatic heterocycles. The van der Waals surface area contributed by atoms with Gasteiger partial charge in [0.1, 0.15) is 5.60 Å². The van der Waals surface area contributed by atoms with E-state index in [-0.39, 0.29) is 0 Å². The van der Waals surface area contributed by atoms with Crippen molar-refractivity contribution < 1.29 is 5.11 Å². The van der Waals surface area contributed by atoms with E-state index in [2.05, 4.69) is 22.9 Å². The molecular weight excluding hydrogens is 280 g/mol. The van der Waals surface area contributed by atoms with Crippen molar-refractivity contribution in [3.8, 4) is 0 Å². The Bertz CT molecular complexity index is 326. The van der Waals surface area contributed by atoms with Crippen molar-refractivity contribution in [1.82, 2.24) is 0 Å². The predicted molar refractivity (Wildman–Crippen MR) is 67.1 cm³/mol. The summed E-state index contributed by atoms with van der Waals surface area (Å²) < 4.78 is 1.05. The number of aliphatic hydroxyl groups is 1. The second-order valence-corrected chi connectivity index (χ2v) is 6.86. The van der Waals surface area contributed by atoms with Crippen molar-refractivity contribution >= 4 is 39.0 Å². The molecule has 0 radical (unpaired) electrons. The molecule has 2 atom stereocenters. The van der Waals surface area contributed by atoms with Crippen LogP contribution >= 0.6 is 39.0 Å². The minimum Gasteiger partial charge on any atom is -0.383 e. The normalized spacial score (nSPS) is 33.2. The second kappa shape index (κ2) is 4.16. The SMILES string of the molecule is CC1SCCCC1(O)c1sccc1Br. The Morgan fingerprint density at radius 1 is 1.64 bits per heavy atom. The van der Waals surface area contributed by atoms with Gasteiger partial charge in [-0.25, -0.2) is 0 Å². The molecule has 1 saturated heterocycles. The van der Waals surface area contributed by atoms with Crippen LogP contribution in [0.2, 0.25) is 0 Å². The van der Waals surface area contributed by atoms with Gasteiger partial charge in [0.05, 0.1) is 4.88 Å². The van der Waals surface area contributed by atoms with E-state index < -0.39 is 5.60 Å². The molecule has 2 rings (SSSR count). The Balaban J connectivity index is 2.34. The van der Waals surface area contributed by atoms with Crippen LogP contribution in [0.5, 0.6) is 0 Å². The van der Waals surface area contributed by atoms with Crippen LogP contribution < -0.4 is 0 Å². The Morgan fingerprint density at radius 2 is 2.43 bits per heavy atom. The van der Waals surface area contributed by atoms with Gasteiger partial charge in [-0.3, -0.25) is 0 Å². The maximum Gasteiger partial charge on any atom is 0.111 e. The number of thiophene rings is 1. The summed E-state index contributed by atoms with van der Waals surface area (Å²) in [6.45, 7) is 2.12. The lowest BCUT2D eigenvalue weighted by atomic mass is 9.92. The summed E-state index contributed by atoms with van der Waals surface area (Å²) in [6.07, 6.45) is 2.00. The average Bonchev–Trinajstić information content (AvgIpc) is 2.57. The highest BCUT2D eigenvalue weighted by molar-refractivity contribution is 9.10. The topological polar surface area (TPSA) is 20.2 Å². The van der Waals surface area contributed by atoms with Crippen LogP contribution in [-0.4, -0.2) is 16.1 Å². The molecule has 78 valence electrons. The summed E-state index contributed by atoms with van der Waals surface area (Å²) in [4.78, 5) is 1.09. The fraction of sp³-hybridized carbons (Fsp3) is 0.600. The number of hydrogen-bond acceptors (Lipinski definition) is 3. The zero-order valence-corrected chi connectivity index (χ0v) is 11.2. The van der Waals surface area contributed by atoms with E-state index in [9.17, 15) is 5.11 Å². The number of thioether (sulfide) groups is 1. The third-order valence-electron chi connectivity index (χ3n) is 2.75. The van der Waals surface area contributed by atoms with Gasteiger partial charge >= 0.3 is 0 Å². The smallest absolute Gasteiger partial charge is 0.111 e. The molecule has 0 saturated carbocycles. The number of rotatable bonds is 1. The van der Waals surface area contributed by atoms with Crippen molar-refractivity contribution in [1.29, 1.82) is 0 Å². The third kappa shape index (κ3) is 1.77. The fourth-order valence-electron chi connectivity index (χ4n) is 1.84. The molecule has 4 heteroatoms. The molecule has 0 aromatic carbocycles. The van der Waals surface area contributed by atoms with Gasteiger partial charge < -0.3 is 5.11 Å². The standard InChI is InChI=1S/C10H13BrOS2/c1-7-10(12,4-2-5-13-7)9-8(11)3-6-14-9/h3,6-7,12H,2,4-5H2,1H3. The van der Waals surface area contributed by atoms with Crippen LogP contribution in [0.3, 0.4) is 0 Å². The molecule has 1 N–H and O–H groups in total. The Hall–Kier alpha value is 0.490. The monoisotopic (exact) mass is 292 g/mol. The van der Waals surface area contributed by atoms with Crippen LogP contribution in [0.25, 0.3) is 0 Å². The first-order valence-electron chi connectivity index (χ1n) is 4.72. The van der Waals surface area contributed by atoms with E-state index in [1.807, 2.05) is 23.2 Å². The van der Waals surface area contributed by atoms with E-state index in [4.69, 9.17) is 0 Å². The van der Waals surface area contributed by atoms with Gasteiger partial charge in [0.15, 0.2) is 0 Å². The Morgan fingerprint density at radius 3 is 3.00 bits per heavy atom. The fourth-order valence-corrected chi connectivity index (χ4v) is 5.03. The van der Waals surface area contributed by atoms with Crippen LogP contribution in [0.15, 0.2) is 15.9 Å². The maximum absolute atomic E-state index is 10.6. The molecular formula is C10H13BrOS2. The molecule has 1 aliphatic heterocycles. The van der Waals surface area contributed by atoms with E-state index in [1.54, 1.807) is 11.3 Å². The average molecular weight is 293 g/mol. The van der Waals surface area contributed by atoms with E-state index in [0.29, 0.717) is 5.25 Å². The lowest BCUT2D eigenvalue weighted by Gasteiger charge is -2.37. The molecule has 1 aromatic rings. The lowest BCUT2D eigenvalue weighted by Crippen LogP contribution is -2.38. The summed E-state index contributed by atoms with van der Waals surface area (Å²) >= 11 is 7.02. The van der Waals surface area contributed by atoms with Crippen LogP contribution in [0.1, 0.15) is 24.6 Å². The van der Waals surface area contributed by atoms with Gasteiger partial charge in [0.2, 0.25) is 0 Å². The van der Waals surface area contributed by atoms with Crippen molar-refractivity contribution in [2.24, 2.45) is 0 Å². The molecule has 2 unspecified atom stereocenters. The summed E-state index contributed by atoms with van der Waals surface area (Å²) in [5.74, 6) is 1.17. The first-order chi connectivity index (χ1) is 6.64. The molecule has 1 nitrogen and oxygen atoms in total. The van der Waals surface area contributed by atoms with Crippen LogP contribution in [-0.2, 0) is 5.60 Å². The van der Waals surface area contributed by atoms with Crippen molar-refractivity contribution in [2.45, 2.75) is 30.6 Å². The minimum atomic E-state index is -0.615. The summed E-state index contributed by atoms with van der Waals surface area (Å²) in [5, 5.41) is 13.0. The third-order valence-corrected chi connectivity index (χ3v) is 6.17. The molecule has 14 heavy (non-hydrogen) atoms. The summed E-state index contributed by atoms with van der Waals surface area (Å²) in [5.41, 5.74) is -0.615. The summed E-state index contributed by atoms with van der Waals surface area (Å²) in [6, 6.07) is 2.02. The number of halogens is 1. The molecule has 1 aliphatic rings. The molecule has 0 amide bonds. The number of hydrogen-bond donors (Lipinski definition) is 1. The van der Waals surface area contributed by atoms with Gasteiger partial charge in [-0.1, -0.05) is 6.92 Å². The van der Waals surface area contributed by atoms with Gasteiger partial charge in [0, 0.05) is 9.72 Å². The highest BCUT2D eigenvalue weighted by Crippen LogP contribution is 2.45. The van der Waals surface area contributed by atoms with E-state index in [1.165, 1.54) is 5.75 Å². The lowest BCUT2D eigenvalue weighted by molar-refractivity contribution is 0.0285. The van der Waals surface area contributed by atoms with E-state index >= 15 is 0 Å². The van der Waals surface area contributed by atoms with Crippen molar-refractivity contribution in [3.05, 3.63) is 20.8 Å². The molecule has 0 spiro atoms. The van der Waals surface area contributed by atoms with Crippen molar-refractivity contribution in [2.75, 3.05) is 5.75 Å². The molecule has 2 heterocycles. The minimum absolute atomic E-state index is 0.297. The summed E-state index contributed by atoms with van der Waals surface area (Å²) in [7, 11) is 0. The van der Waals surface area contributed by atoms with Gasteiger partial charge in [0.25, 0.3) is 0 Å². The van der Waals surface area contributed by atoms with E-state index in [0.717, 1.165) is 22.2 Å². The highest BCUT2D eigenvalue weighted by atomic mass is 79.9. The maximum atomic E-state index is 10.6. The zero-order chi connectivity index (χ0) is 10.2. The Kier molecular flexibility index (Phi) is 3.27. The highest BCUT2D eigenvalue weighted by Gasteiger charge is 2.40. The quantitative estimate of drug-likeness (QED) is 0.853. The molecule has 0 bridgehead atoms. The van der Waals surface area contributed by atoms with Crippen LogP contribution in [0.4, 0.5) is 0 Å². The Labute approximate surface area is 101 Å². The first kappa shape index (κ1) is 11.0. The van der Waals surface area contributed by atoms with Crippen molar-refractivity contribution in [3.63, 3.8) is 0 Å². The molecule has 1 fully saturated rings. The molecule has 0 aliphatic carbocycles. The second-order valence-electron chi connectivity index (χ2n) is 3.64. The van der Waals surface area contributed by atoms with Crippen LogP contribution in [0, 0.1) is 0 Å². The van der Waals surface area contributed by atoms with Gasteiger partial charge in [-0.15, -0.1) is 11.3 Å². The zero-order valence-electron chi connectivity index (χ0n) is 8.00. The first-order valence-corrected chi connectivity index (χ1v) is 7.44. The predicted octanol–water partition coefficient (Wildman–Crippen LogP) is 3.61. The van der Waals surface area contributed by atoms with Gasteiger partial charge in [-0.05, 0) is 46.0 Å². The largest absolute Gasteiger partial charge is 0.383 e.